The van der Waals surface area contributed by atoms with Crippen LogP contribution in [0.4, 0.5) is 5.82 Å². The van der Waals surface area contributed by atoms with Crippen molar-refractivity contribution >= 4 is 28.6 Å². The highest BCUT2D eigenvalue weighted by atomic mass is 16.7. The number of hydrogen-bond donors (Lipinski definition) is 2. The van der Waals surface area contributed by atoms with Crippen LogP contribution in [0.15, 0.2) is 54.6 Å². The molecule has 31 heavy (non-hydrogen) atoms. The number of para-hydroxylation sites is 1. The predicted octanol–water partition coefficient (Wildman–Crippen LogP) is 4.66. The second-order valence-electron chi connectivity index (χ2n) is 8.12. The molecule has 2 aliphatic heterocycles. The zero-order chi connectivity index (χ0) is 22.0. The van der Waals surface area contributed by atoms with E-state index >= 15 is 0 Å². The highest BCUT2D eigenvalue weighted by Gasteiger charge is 2.23. The number of rotatable bonds is 5. The summed E-state index contributed by atoms with van der Waals surface area (Å²) in [4.78, 5) is 35.0. The molecule has 0 spiro atoms. The highest BCUT2D eigenvalue weighted by Crippen LogP contribution is 2.31. The number of nitrogens with zero attached hydrogens (tertiary/aromatic N) is 2. The number of aliphatic carboxylic acids is 1. The van der Waals surface area contributed by atoms with E-state index < -0.39 is 11.9 Å². The van der Waals surface area contributed by atoms with E-state index in [0.29, 0.717) is 28.6 Å². The largest absolute Gasteiger partial charge is 0.481 e. The number of aromatic nitrogens is 1. The molecular formula is C24H25N3O4. The lowest BCUT2D eigenvalue weighted by Gasteiger charge is -2.22. The minimum Gasteiger partial charge on any atom is -0.481 e. The Balaban J connectivity index is 1.84. The first-order valence-electron chi connectivity index (χ1n) is 10.4. The molecule has 1 amide bonds. The molecule has 2 aliphatic rings. The zero-order valence-electron chi connectivity index (χ0n) is 17.5. The van der Waals surface area contributed by atoms with Crippen LogP contribution in [0.2, 0.25) is 0 Å². The summed E-state index contributed by atoms with van der Waals surface area (Å²) in [5.74, 6) is 0.166. The fourth-order valence-corrected chi connectivity index (χ4v) is 3.71. The summed E-state index contributed by atoms with van der Waals surface area (Å²) in [5, 5.41) is 14.6. The minimum atomic E-state index is -1.01. The molecule has 3 aromatic rings. The molecule has 3 heterocycles. The SMILES string of the molecule is CC(C)CC1Nc2ccc3cccc(c3n2)ON(CCC(=O)O)C(=O)c2ccc1cc2. The van der Waals surface area contributed by atoms with Crippen molar-refractivity contribution < 1.29 is 19.5 Å². The van der Waals surface area contributed by atoms with E-state index in [0.717, 1.165) is 22.4 Å². The van der Waals surface area contributed by atoms with Gasteiger partial charge in [0.2, 0.25) is 0 Å². The van der Waals surface area contributed by atoms with Gasteiger partial charge >= 0.3 is 5.97 Å². The van der Waals surface area contributed by atoms with Gasteiger partial charge in [0.25, 0.3) is 5.91 Å². The first kappa shape index (κ1) is 20.7. The second kappa shape index (κ2) is 8.63. The maximum absolute atomic E-state index is 13.1. The van der Waals surface area contributed by atoms with Gasteiger partial charge in [0.05, 0.1) is 19.0 Å². The molecule has 0 aliphatic carbocycles. The summed E-state index contributed by atoms with van der Waals surface area (Å²) in [6.07, 6.45) is 0.668. The van der Waals surface area contributed by atoms with Gasteiger partial charge in [-0.1, -0.05) is 38.1 Å². The monoisotopic (exact) mass is 419 g/mol. The van der Waals surface area contributed by atoms with Crippen molar-refractivity contribution in [1.29, 1.82) is 0 Å². The summed E-state index contributed by atoms with van der Waals surface area (Å²) >= 11 is 0. The summed E-state index contributed by atoms with van der Waals surface area (Å²) in [6.45, 7) is 4.25. The molecule has 0 fully saturated rings. The molecule has 1 atom stereocenters. The number of pyridine rings is 1. The third-order valence-electron chi connectivity index (χ3n) is 5.24. The lowest BCUT2D eigenvalue weighted by atomic mass is 9.96. The van der Waals surface area contributed by atoms with Crippen LogP contribution in [0.3, 0.4) is 0 Å². The van der Waals surface area contributed by atoms with Crippen LogP contribution in [0.25, 0.3) is 10.9 Å². The molecule has 0 saturated carbocycles. The normalized spacial score (nSPS) is 15.9. The molecule has 0 saturated heterocycles. The minimum absolute atomic E-state index is 0.0334. The molecule has 1 aromatic heterocycles. The maximum Gasteiger partial charge on any atom is 0.305 e. The van der Waals surface area contributed by atoms with E-state index in [-0.39, 0.29) is 19.0 Å². The molecule has 5 rings (SSSR count). The van der Waals surface area contributed by atoms with Gasteiger partial charge in [-0.05, 0) is 48.2 Å². The van der Waals surface area contributed by atoms with E-state index in [4.69, 9.17) is 14.9 Å². The van der Waals surface area contributed by atoms with Crippen LogP contribution in [0, 0.1) is 5.92 Å². The molecule has 4 bridgehead atoms. The van der Waals surface area contributed by atoms with Gasteiger partial charge in [-0.2, -0.15) is 5.06 Å². The van der Waals surface area contributed by atoms with Crippen LogP contribution in [0.5, 0.6) is 5.75 Å². The van der Waals surface area contributed by atoms with Crippen molar-refractivity contribution in [2.75, 3.05) is 11.9 Å². The number of carbonyl (C=O) groups excluding carboxylic acids is 1. The van der Waals surface area contributed by atoms with E-state index in [1.165, 1.54) is 0 Å². The van der Waals surface area contributed by atoms with Crippen LogP contribution in [-0.2, 0) is 4.79 Å². The lowest BCUT2D eigenvalue weighted by molar-refractivity contribution is -0.138. The zero-order valence-corrected chi connectivity index (χ0v) is 17.5. The Kier molecular flexibility index (Phi) is 5.75. The maximum atomic E-state index is 13.1. The fourth-order valence-electron chi connectivity index (χ4n) is 3.71. The average Bonchev–Trinajstić information content (AvgIpc) is 2.76. The van der Waals surface area contributed by atoms with Gasteiger partial charge in [0.1, 0.15) is 11.3 Å². The number of amides is 1. The van der Waals surface area contributed by atoms with Crippen LogP contribution >= 0.6 is 0 Å². The predicted molar refractivity (Wildman–Crippen MR) is 118 cm³/mol. The standard InChI is InChI=1S/C24H25N3O4/c1-15(2)14-19-16-6-8-18(9-7-16)24(30)27(13-12-22(28)29)31-20-5-3-4-17-10-11-21(25-19)26-23(17)20/h3-11,15,19H,12-14H2,1-2H3,(H,25,26)(H,28,29). The fraction of sp³-hybridized carbons (Fsp3) is 0.292. The van der Waals surface area contributed by atoms with Crippen LogP contribution in [0.1, 0.15) is 48.7 Å². The number of carboxylic acids is 1. The van der Waals surface area contributed by atoms with Gasteiger partial charge < -0.3 is 15.3 Å². The molecule has 160 valence electrons. The van der Waals surface area contributed by atoms with Crippen molar-refractivity contribution in [3.63, 3.8) is 0 Å². The number of carbonyl (C=O) groups is 2. The van der Waals surface area contributed by atoms with Gasteiger partial charge in [-0.3, -0.25) is 9.59 Å². The summed E-state index contributed by atoms with van der Waals surface area (Å²) in [6, 6.07) is 16.7. The van der Waals surface area contributed by atoms with Crippen molar-refractivity contribution in [2.24, 2.45) is 5.92 Å². The number of fused-ring (bicyclic) bond motifs is 5. The van der Waals surface area contributed by atoms with E-state index in [1.807, 2.05) is 36.4 Å². The molecule has 7 heteroatoms. The number of benzene rings is 2. The van der Waals surface area contributed by atoms with E-state index in [1.54, 1.807) is 18.2 Å². The molecule has 2 aromatic carbocycles. The van der Waals surface area contributed by atoms with Gasteiger partial charge in [0.15, 0.2) is 5.75 Å². The summed E-state index contributed by atoms with van der Waals surface area (Å²) in [7, 11) is 0. The van der Waals surface area contributed by atoms with Crippen molar-refractivity contribution in [1.82, 2.24) is 10.0 Å². The van der Waals surface area contributed by atoms with Gasteiger partial charge in [0, 0.05) is 10.9 Å². The third-order valence-corrected chi connectivity index (χ3v) is 5.24. The Bertz CT molecular complexity index is 1110. The Labute approximate surface area is 180 Å². The lowest BCUT2D eigenvalue weighted by Crippen LogP contribution is -2.36. The first-order chi connectivity index (χ1) is 14.9. The summed E-state index contributed by atoms with van der Waals surface area (Å²) in [5.41, 5.74) is 2.09. The number of hydrogen-bond acceptors (Lipinski definition) is 5. The third kappa shape index (κ3) is 4.60. The van der Waals surface area contributed by atoms with Gasteiger partial charge in [-0.15, -0.1) is 0 Å². The average molecular weight is 419 g/mol. The Morgan fingerprint density at radius 3 is 2.65 bits per heavy atom. The molecule has 2 N–H and O–H groups in total. The number of anilines is 1. The first-order valence-corrected chi connectivity index (χ1v) is 10.4. The van der Waals surface area contributed by atoms with Crippen molar-refractivity contribution in [2.45, 2.75) is 32.7 Å². The second-order valence-corrected chi connectivity index (χ2v) is 8.12. The molecule has 7 nitrogen and oxygen atoms in total. The Morgan fingerprint density at radius 1 is 1.16 bits per heavy atom. The summed E-state index contributed by atoms with van der Waals surface area (Å²) < 4.78 is 0. The highest BCUT2D eigenvalue weighted by molar-refractivity contribution is 5.94. The van der Waals surface area contributed by atoms with E-state index in [2.05, 4.69) is 19.2 Å². The molecule has 0 radical (unpaired) electrons. The van der Waals surface area contributed by atoms with Crippen molar-refractivity contribution in [3.8, 4) is 5.75 Å². The van der Waals surface area contributed by atoms with Crippen molar-refractivity contribution in [3.05, 3.63) is 65.7 Å². The number of hydroxylamine groups is 2. The Hall–Kier alpha value is -3.61. The smallest absolute Gasteiger partial charge is 0.305 e. The van der Waals surface area contributed by atoms with Gasteiger partial charge in [-0.25, -0.2) is 4.98 Å². The number of carboxylic acid groups (broad SMARTS) is 1. The quantitative estimate of drug-likeness (QED) is 0.625. The molecule has 1 unspecified atom stereocenters. The van der Waals surface area contributed by atoms with Crippen LogP contribution < -0.4 is 10.2 Å². The van der Waals surface area contributed by atoms with E-state index in [9.17, 15) is 9.59 Å². The Morgan fingerprint density at radius 2 is 1.94 bits per heavy atom. The van der Waals surface area contributed by atoms with Crippen LogP contribution in [-0.4, -0.2) is 33.6 Å². The molecular weight excluding hydrogens is 394 g/mol. The number of nitrogens with one attached hydrogen (secondary N) is 1. The topological polar surface area (TPSA) is 91.8 Å².